The van der Waals surface area contributed by atoms with Crippen molar-refractivity contribution < 1.29 is 9.66 Å². The van der Waals surface area contributed by atoms with Gasteiger partial charge in [0, 0.05) is 17.8 Å². The molecule has 0 aliphatic carbocycles. The second-order valence-electron chi connectivity index (χ2n) is 4.45. The molecule has 0 bridgehead atoms. The maximum Gasteiger partial charge on any atom is 0.273 e. The Hall–Kier alpha value is -2.74. The average molecular weight is 289 g/mol. The van der Waals surface area contributed by atoms with E-state index >= 15 is 0 Å². The summed E-state index contributed by atoms with van der Waals surface area (Å²) in [5, 5.41) is 10.8. The van der Waals surface area contributed by atoms with E-state index in [1.54, 1.807) is 12.1 Å². The van der Waals surface area contributed by atoms with Crippen molar-refractivity contribution in [2.24, 2.45) is 5.84 Å². The lowest BCUT2D eigenvalue weighted by atomic mass is 10.2. The molecule has 0 aliphatic heterocycles. The van der Waals surface area contributed by atoms with E-state index < -0.39 is 4.92 Å². The number of non-ortho nitro benzene ring substituents is 1. The number of nitro groups is 1. The molecule has 0 saturated carbocycles. The van der Waals surface area contributed by atoms with Crippen LogP contribution in [-0.2, 0) is 6.61 Å². The van der Waals surface area contributed by atoms with Crippen LogP contribution in [0.4, 0.5) is 11.5 Å². The highest BCUT2D eigenvalue weighted by atomic mass is 16.6. The van der Waals surface area contributed by atoms with Gasteiger partial charge in [0.25, 0.3) is 5.69 Å². The summed E-state index contributed by atoms with van der Waals surface area (Å²) in [6.07, 6.45) is 0. The van der Waals surface area contributed by atoms with E-state index in [0.29, 0.717) is 17.4 Å². The van der Waals surface area contributed by atoms with Gasteiger partial charge in [0.05, 0.1) is 11.0 Å². The minimum absolute atomic E-state index is 0.0231. The van der Waals surface area contributed by atoms with Crippen LogP contribution in [0, 0.1) is 24.0 Å². The highest BCUT2D eigenvalue weighted by Crippen LogP contribution is 2.24. The van der Waals surface area contributed by atoms with Gasteiger partial charge < -0.3 is 10.2 Å². The molecule has 0 unspecified atom stereocenters. The number of nitrogens with zero attached hydrogens (tertiary/aromatic N) is 3. The molecule has 1 aromatic heterocycles. The molecule has 8 nitrogen and oxygen atoms in total. The van der Waals surface area contributed by atoms with Crippen molar-refractivity contribution in [1.29, 1.82) is 0 Å². The van der Waals surface area contributed by atoms with E-state index in [1.165, 1.54) is 12.1 Å². The monoisotopic (exact) mass is 289 g/mol. The number of anilines is 1. The van der Waals surface area contributed by atoms with E-state index in [9.17, 15) is 10.1 Å². The van der Waals surface area contributed by atoms with Crippen LogP contribution in [-0.4, -0.2) is 14.9 Å². The summed E-state index contributed by atoms with van der Waals surface area (Å²) in [6, 6.07) is 6.15. The molecule has 21 heavy (non-hydrogen) atoms. The average Bonchev–Trinajstić information content (AvgIpc) is 2.45. The van der Waals surface area contributed by atoms with Gasteiger partial charge in [-0.05, 0) is 25.5 Å². The number of hydrazine groups is 1. The molecule has 0 radical (unpaired) electrons. The summed E-state index contributed by atoms with van der Waals surface area (Å²) in [6.45, 7) is 3.71. The van der Waals surface area contributed by atoms with Crippen LogP contribution >= 0.6 is 0 Å². The molecule has 3 N–H and O–H groups in total. The van der Waals surface area contributed by atoms with E-state index in [4.69, 9.17) is 10.6 Å². The maximum atomic E-state index is 10.8. The van der Waals surface area contributed by atoms with Crippen LogP contribution in [0.5, 0.6) is 5.75 Å². The summed E-state index contributed by atoms with van der Waals surface area (Å²) in [5.74, 6) is 6.67. The minimum Gasteiger partial charge on any atom is -0.485 e. The number of hydrogen-bond donors (Lipinski definition) is 2. The fourth-order valence-electron chi connectivity index (χ4n) is 1.77. The second-order valence-corrected chi connectivity index (χ2v) is 4.45. The highest BCUT2D eigenvalue weighted by molar-refractivity contribution is 5.43. The van der Waals surface area contributed by atoms with Gasteiger partial charge in [0.2, 0.25) is 0 Å². The summed E-state index contributed by atoms with van der Waals surface area (Å²) in [5.41, 5.74) is 3.96. The largest absolute Gasteiger partial charge is 0.485 e. The molecule has 110 valence electrons. The number of nitrogen functional groups attached to an aromatic ring is 1. The Morgan fingerprint density at radius 3 is 2.76 bits per heavy atom. The second kappa shape index (κ2) is 6.14. The van der Waals surface area contributed by atoms with Gasteiger partial charge in [-0.1, -0.05) is 0 Å². The first-order valence-electron chi connectivity index (χ1n) is 6.18. The maximum absolute atomic E-state index is 10.8. The summed E-state index contributed by atoms with van der Waals surface area (Å²) >= 11 is 0. The number of ether oxygens (including phenoxy) is 1. The molecule has 8 heteroatoms. The van der Waals surface area contributed by atoms with Crippen LogP contribution < -0.4 is 16.0 Å². The molecule has 1 aromatic carbocycles. The number of aryl methyl sites for hydroxylation is 2. The van der Waals surface area contributed by atoms with Crippen molar-refractivity contribution in [2.75, 3.05) is 5.43 Å². The van der Waals surface area contributed by atoms with Crippen molar-refractivity contribution in [3.63, 3.8) is 0 Å². The van der Waals surface area contributed by atoms with E-state index in [-0.39, 0.29) is 12.3 Å². The van der Waals surface area contributed by atoms with Gasteiger partial charge in [0.1, 0.15) is 18.2 Å². The molecule has 2 aromatic rings. The Morgan fingerprint density at radius 2 is 2.10 bits per heavy atom. The van der Waals surface area contributed by atoms with Crippen LogP contribution in [0.2, 0.25) is 0 Å². The normalized spacial score (nSPS) is 10.2. The lowest BCUT2D eigenvalue weighted by Gasteiger charge is -2.09. The SMILES string of the molecule is Cc1cc(NN)nc(COc2cc([N+](=O)[O-])ccc2C)n1. The Morgan fingerprint density at radius 1 is 1.33 bits per heavy atom. The smallest absolute Gasteiger partial charge is 0.273 e. The van der Waals surface area contributed by atoms with Gasteiger partial charge in [-0.2, -0.15) is 0 Å². The van der Waals surface area contributed by atoms with Crippen molar-refractivity contribution in [2.45, 2.75) is 20.5 Å². The molecule has 0 spiro atoms. The lowest BCUT2D eigenvalue weighted by Crippen LogP contribution is -2.12. The zero-order valence-corrected chi connectivity index (χ0v) is 11.7. The summed E-state index contributed by atoms with van der Waals surface area (Å²) in [7, 11) is 0. The summed E-state index contributed by atoms with van der Waals surface area (Å²) in [4.78, 5) is 18.7. The Balaban J connectivity index is 2.18. The quantitative estimate of drug-likeness (QED) is 0.490. The molecule has 2 rings (SSSR count). The predicted octanol–water partition coefficient (Wildman–Crippen LogP) is 1.87. The van der Waals surface area contributed by atoms with E-state index in [2.05, 4.69) is 15.4 Å². The number of nitro benzene ring substituents is 1. The third-order valence-electron chi connectivity index (χ3n) is 2.79. The van der Waals surface area contributed by atoms with Crippen LogP contribution in [0.3, 0.4) is 0 Å². The van der Waals surface area contributed by atoms with E-state index in [0.717, 1.165) is 11.3 Å². The first-order chi connectivity index (χ1) is 9.99. The van der Waals surface area contributed by atoms with Crippen molar-refractivity contribution in [3.05, 3.63) is 51.5 Å². The van der Waals surface area contributed by atoms with Gasteiger partial charge in [-0.3, -0.25) is 10.1 Å². The van der Waals surface area contributed by atoms with Crippen LogP contribution in [0.15, 0.2) is 24.3 Å². The molecule has 0 amide bonds. The van der Waals surface area contributed by atoms with Crippen molar-refractivity contribution >= 4 is 11.5 Å². The van der Waals surface area contributed by atoms with Gasteiger partial charge in [-0.15, -0.1) is 0 Å². The molecule has 0 fully saturated rings. The third-order valence-corrected chi connectivity index (χ3v) is 2.79. The zero-order valence-electron chi connectivity index (χ0n) is 11.7. The molecular formula is C13H15N5O3. The fraction of sp³-hybridized carbons (Fsp3) is 0.231. The van der Waals surface area contributed by atoms with Gasteiger partial charge >= 0.3 is 0 Å². The Bertz CT molecular complexity index is 675. The summed E-state index contributed by atoms with van der Waals surface area (Å²) < 4.78 is 5.57. The van der Waals surface area contributed by atoms with Gasteiger partial charge in [-0.25, -0.2) is 15.8 Å². The van der Waals surface area contributed by atoms with Crippen molar-refractivity contribution in [3.8, 4) is 5.75 Å². The predicted molar refractivity (Wildman–Crippen MR) is 76.7 cm³/mol. The molecule has 0 atom stereocenters. The number of benzene rings is 1. The standard InChI is InChI=1S/C13H15N5O3/c1-8-3-4-10(18(19)20)6-11(8)21-7-13-15-9(2)5-12(16-13)17-14/h3-6H,7,14H2,1-2H3,(H,15,16,17). The number of rotatable bonds is 5. The van der Waals surface area contributed by atoms with E-state index in [1.807, 2.05) is 13.8 Å². The zero-order chi connectivity index (χ0) is 15.4. The molecule has 0 saturated heterocycles. The Labute approximate surface area is 121 Å². The number of hydrogen-bond acceptors (Lipinski definition) is 7. The molecular weight excluding hydrogens is 274 g/mol. The number of nitrogens with one attached hydrogen (secondary N) is 1. The lowest BCUT2D eigenvalue weighted by molar-refractivity contribution is -0.385. The topological polar surface area (TPSA) is 116 Å². The van der Waals surface area contributed by atoms with Crippen LogP contribution in [0.1, 0.15) is 17.1 Å². The fourth-order valence-corrected chi connectivity index (χ4v) is 1.77. The minimum atomic E-state index is -0.466. The van der Waals surface area contributed by atoms with Crippen molar-refractivity contribution in [1.82, 2.24) is 9.97 Å². The molecule has 0 aliphatic rings. The number of aromatic nitrogens is 2. The number of nitrogens with two attached hydrogens (primary N) is 1. The Kier molecular flexibility index (Phi) is 4.29. The highest BCUT2D eigenvalue weighted by Gasteiger charge is 2.10. The van der Waals surface area contributed by atoms with Gasteiger partial charge in [0.15, 0.2) is 5.82 Å². The van der Waals surface area contributed by atoms with Crippen LogP contribution in [0.25, 0.3) is 0 Å². The first kappa shape index (κ1) is 14.7. The third kappa shape index (κ3) is 3.63. The first-order valence-corrected chi connectivity index (χ1v) is 6.18. The molecule has 1 heterocycles.